The predicted octanol–water partition coefficient (Wildman–Crippen LogP) is 6.45. The Kier molecular flexibility index (Phi) is 7.11. The summed E-state index contributed by atoms with van der Waals surface area (Å²) in [5.41, 5.74) is 2.59. The Bertz CT molecular complexity index is 1830. The molecule has 0 fully saturated rings. The summed E-state index contributed by atoms with van der Waals surface area (Å²) in [5.74, 6) is -0.422. The molecule has 5 aromatic rings. The van der Waals surface area contributed by atoms with Gasteiger partial charge in [0.2, 0.25) is 0 Å². The van der Waals surface area contributed by atoms with E-state index >= 15 is 0 Å². The van der Waals surface area contributed by atoms with Gasteiger partial charge in [0.05, 0.1) is 10.6 Å². The van der Waals surface area contributed by atoms with Crippen molar-refractivity contribution in [3.8, 4) is 50.6 Å². The van der Waals surface area contributed by atoms with Gasteiger partial charge in [0.15, 0.2) is 9.84 Å². The fourth-order valence-electron chi connectivity index (χ4n) is 4.42. The van der Waals surface area contributed by atoms with E-state index in [4.69, 9.17) is 0 Å². The van der Waals surface area contributed by atoms with Gasteiger partial charge < -0.3 is 4.74 Å². The van der Waals surface area contributed by atoms with Gasteiger partial charge in [-0.25, -0.2) is 17.2 Å². The van der Waals surface area contributed by atoms with Crippen molar-refractivity contribution in [2.24, 2.45) is 7.05 Å². The lowest BCUT2D eigenvalue weighted by Crippen LogP contribution is -2.16. The van der Waals surface area contributed by atoms with Gasteiger partial charge in [-0.3, -0.25) is 4.68 Å². The average Bonchev–Trinajstić information content (AvgIpc) is 3.54. The molecule has 3 aromatic carbocycles. The van der Waals surface area contributed by atoms with Crippen LogP contribution in [0.5, 0.6) is 5.75 Å². The average molecular weight is 590 g/mol. The molecule has 2 aromatic heterocycles. The summed E-state index contributed by atoms with van der Waals surface area (Å²) >= 11 is 0. The highest BCUT2D eigenvalue weighted by Gasteiger charge is 2.31. The number of nitrogens with zero attached hydrogens (tertiary/aromatic N) is 4. The van der Waals surface area contributed by atoms with Crippen LogP contribution in [0, 0.1) is 0 Å². The van der Waals surface area contributed by atoms with Crippen LogP contribution in [0.3, 0.4) is 0 Å². The van der Waals surface area contributed by atoms with Crippen LogP contribution in [0.15, 0.2) is 77.7 Å². The molecule has 0 spiro atoms. The van der Waals surface area contributed by atoms with Crippen molar-refractivity contribution < 1.29 is 35.1 Å². The van der Waals surface area contributed by atoms with E-state index in [2.05, 4.69) is 25.2 Å². The van der Waals surface area contributed by atoms with Crippen molar-refractivity contribution >= 4 is 9.84 Å². The number of H-pyrrole nitrogens is 1. The molecule has 0 aliphatic heterocycles. The van der Waals surface area contributed by atoms with Crippen molar-refractivity contribution in [1.82, 2.24) is 25.2 Å². The fraction of sp³-hybridized carbons (Fsp3) is 0.148. The number of alkyl halides is 5. The standard InChI is InChI=1S/C27H20F5N5O3S/c1-37-22(14-21(35-37)26(28)29)23-19(16-5-3-6-18(13-16)41(2,38)39)7-4-8-20(23)25-24(33-36-34-25)15-9-11-17(12-10-15)40-27(30,31)32/h3-14,26H,1-2H3,(H,33,34,36). The molecule has 5 rings (SSSR count). The molecule has 0 bridgehead atoms. The summed E-state index contributed by atoms with van der Waals surface area (Å²) < 4.78 is 94.9. The van der Waals surface area contributed by atoms with Crippen LogP contribution in [0.2, 0.25) is 0 Å². The number of aryl methyl sites for hydroxylation is 1. The van der Waals surface area contributed by atoms with E-state index < -0.39 is 34.1 Å². The first-order valence-corrected chi connectivity index (χ1v) is 13.7. The minimum absolute atomic E-state index is 0.0629. The molecule has 0 aliphatic carbocycles. The molecule has 0 saturated carbocycles. The number of aromatic amines is 1. The maximum absolute atomic E-state index is 13.6. The normalized spacial score (nSPS) is 12.2. The monoisotopic (exact) mass is 589 g/mol. The summed E-state index contributed by atoms with van der Waals surface area (Å²) in [4.78, 5) is 0.0629. The van der Waals surface area contributed by atoms with E-state index in [0.29, 0.717) is 33.5 Å². The Morgan fingerprint density at radius 2 is 1.54 bits per heavy atom. The lowest BCUT2D eigenvalue weighted by molar-refractivity contribution is -0.274. The number of sulfone groups is 1. The quantitative estimate of drug-likeness (QED) is 0.219. The third-order valence-electron chi connectivity index (χ3n) is 6.18. The molecule has 212 valence electrons. The van der Waals surface area contributed by atoms with Crippen LogP contribution in [0.4, 0.5) is 22.0 Å². The summed E-state index contributed by atoms with van der Waals surface area (Å²) in [6, 6.07) is 17.5. The van der Waals surface area contributed by atoms with Gasteiger partial charge >= 0.3 is 6.36 Å². The zero-order valence-corrected chi connectivity index (χ0v) is 22.1. The van der Waals surface area contributed by atoms with Gasteiger partial charge in [0.1, 0.15) is 22.8 Å². The molecule has 0 saturated heterocycles. The lowest BCUT2D eigenvalue weighted by Gasteiger charge is -2.16. The van der Waals surface area contributed by atoms with E-state index in [1.54, 1.807) is 30.3 Å². The largest absolute Gasteiger partial charge is 0.573 e. The summed E-state index contributed by atoms with van der Waals surface area (Å²) in [6.07, 6.45) is -6.63. The van der Waals surface area contributed by atoms with Gasteiger partial charge in [-0.15, -0.1) is 13.2 Å². The van der Waals surface area contributed by atoms with Gasteiger partial charge in [-0.1, -0.05) is 30.3 Å². The van der Waals surface area contributed by atoms with E-state index in [9.17, 15) is 30.4 Å². The maximum Gasteiger partial charge on any atom is 0.573 e. The van der Waals surface area contributed by atoms with Crippen molar-refractivity contribution in [3.63, 3.8) is 0 Å². The van der Waals surface area contributed by atoms with E-state index in [1.807, 2.05) is 0 Å². The highest BCUT2D eigenvalue weighted by atomic mass is 32.2. The van der Waals surface area contributed by atoms with Gasteiger partial charge in [0, 0.05) is 30.0 Å². The first-order chi connectivity index (χ1) is 19.3. The van der Waals surface area contributed by atoms with Gasteiger partial charge in [-0.05, 0) is 53.6 Å². The summed E-state index contributed by atoms with van der Waals surface area (Å²) in [7, 11) is -2.06. The first-order valence-electron chi connectivity index (χ1n) is 11.8. The van der Waals surface area contributed by atoms with Crippen molar-refractivity contribution in [2.45, 2.75) is 17.7 Å². The zero-order valence-electron chi connectivity index (χ0n) is 21.3. The van der Waals surface area contributed by atoms with Crippen LogP contribution in [0.1, 0.15) is 12.1 Å². The fourth-order valence-corrected chi connectivity index (χ4v) is 5.09. The third-order valence-corrected chi connectivity index (χ3v) is 7.29. The van der Waals surface area contributed by atoms with E-state index in [-0.39, 0.29) is 16.3 Å². The van der Waals surface area contributed by atoms with Crippen LogP contribution in [0.25, 0.3) is 44.9 Å². The molecule has 2 heterocycles. The third kappa shape index (κ3) is 5.82. The number of rotatable bonds is 7. The topological polar surface area (TPSA) is 103 Å². The van der Waals surface area contributed by atoms with Crippen LogP contribution in [-0.2, 0) is 16.9 Å². The van der Waals surface area contributed by atoms with Crippen LogP contribution in [-0.4, -0.2) is 46.2 Å². The van der Waals surface area contributed by atoms with Crippen molar-refractivity contribution in [2.75, 3.05) is 6.26 Å². The second kappa shape index (κ2) is 10.4. The highest BCUT2D eigenvalue weighted by Crippen LogP contribution is 2.43. The maximum atomic E-state index is 13.6. The Labute approximate surface area is 230 Å². The molecule has 41 heavy (non-hydrogen) atoms. The number of benzene rings is 3. The smallest absolute Gasteiger partial charge is 0.406 e. The summed E-state index contributed by atoms with van der Waals surface area (Å²) in [5, 5.41) is 14.9. The van der Waals surface area contributed by atoms with Crippen molar-refractivity contribution in [1.29, 1.82) is 0 Å². The number of hydrogen-bond donors (Lipinski definition) is 1. The minimum Gasteiger partial charge on any atom is -0.406 e. The zero-order chi connectivity index (χ0) is 29.5. The predicted molar refractivity (Wildman–Crippen MR) is 140 cm³/mol. The molecular formula is C27H20F5N5O3S. The second-order valence-electron chi connectivity index (χ2n) is 9.00. The number of aromatic nitrogens is 5. The second-order valence-corrected chi connectivity index (χ2v) is 11.0. The number of halogens is 5. The molecule has 1 N–H and O–H groups in total. The van der Waals surface area contributed by atoms with Crippen LogP contribution >= 0.6 is 0 Å². The van der Waals surface area contributed by atoms with E-state index in [0.717, 1.165) is 18.4 Å². The molecule has 0 unspecified atom stereocenters. The number of hydrogen-bond acceptors (Lipinski definition) is 6. The molecule has 0 radical (unpaired) electrons. The Balaban J connectivity index is 1.72. The van der Waals surface area contributed by atoms with E-state index in [1.165, 1.54) is 42.1 Å². The van der Waals surface area contributed by atoms with Crippen molar-refractivity contribution in [3.05, 3.63) is 78.5 Å². The first kappa shape index (κ1) is 28.0. The highest BCUT2D eigenvalue weighted by molar-refractivity contribution is 7.90. The van der Waals surface area contributed by atoms with Crippen LogP contribution < -0.4 is 4.74 Å². The Hall–Kier alpha value is -4.59. The Morgan fingerprint density at radius 1 is 0.878 bits per heavy atom. The SMILES string of the molecule is Cn1nc(C(F)F)cc1-c1c(-c2cccc(S(C)(=O)=O)c2)cccc1-c1n[nH]nc1-c1ccc(OC(F)(F)F)cc1. The molecule has 0 atom stereocenters. The molecule has 8 nitrogen and oxygen atoms in total. The Morgan fingerprint density at radius 3 is 2.17 bits per heavy atom. The molecule has 14 heteroatoms. The molecule has 0 amide bonds. The van der Waals surface area contributed by atoms with Gasteiger partial charge in [-0.2, -0.15) is 20.5 Å². The number of ether oxygens (including phenoxy) is 1. The lowest BCUT2D eigenvalue weighted by atomic mass is 9.90. The minimum atomic E-state index is -4.86. The molecule has 0 aliphatic rings. The summed E-state index contributed by atoms with van der Waals surface area (Å²) in [6.45, 7) is 0. The molecular weight excluding hydrogens is 569 g/mol. The number of nitrogens with one attached hydrogen (secondary N) is 1. The van der Waals surface area contributed by atoms with Gasteiger partial charge in [0.25, 0.3) is 6.43 Å².